The summed E-state index contributed by atoms with van der Waals surface area (Å²) in [6.07, 6.45) is 2.30. The van der Waals surface area contributed by atoms with Gasteiger partial charge in [-0.1, -0.05) is 34.1 Å². The van der Waals surface area contributed by atoms with Gasteiger partial charge in [0.05, 0.1) is 5.69 Å². The number of nitrogens with zero attached hydrogens (tertiary/aromatic N) is 1. The van der Waals surface area contributed by atoms with Gasteiger partial charge in [0.1, 0.15) is 5.01 Å². The maximum atomic E-state index is 4.79. The molecular formula is C14H26N2S2. The minimum absolute atomic E-state index is 0.711. The first kappa shape index (κ1) is 16.0. The van der Waals surface area contributed by atoms with Gasteiger partial charge in [0.2, 0.25) is 0 Å². The van der Waals surface area contributed by atoms with E-state index < -0.39 is 0 Å². The maximum absolute atomic E-state index is 4.79. The molecule has 2 nitrogen and oxygen atoms in total. The highest BCUT2D eigenvalue weighted by Crippen LogP contribution is 2.23. The third-order valence-electron chi connectivity index (χ3n) is 2.58. The van der Waals surface area contributed by atoms with Gasteiger partial charge in [-0.3, -0.25) is 0 Å². The monoisotopic (exact) mass is 286 g/mol. The second kappa shape index (κ2) is 8.94. The molecule has 0 bridgehead atoms. The number of nitrogens with one attached hydrogen (secondary N) is 1. The first-order chi connectivity index (χ1) is 8.67. The Morgan fingerprint density at radius 3 is 2.72 bits per heavy atom. The summed E-state index contributed by atoms with van der Waals surface area (Å²) in [5.74, 6) is 2.95. The smallest absolute Gasteiger partial charge is 0.103 e. The fourth-order valence-electron chi connectivity index (χ4n) is 1.73. The average Bonchev–Trinajstić information content (AvgIpc) is 2.69. The predicted molar refractivity (Wildman–Crippen MR) is 84.5 cm³/mol. The van der Waals surface area contributed by atoms with Gasteiger partial charge in [0.25, 0.3) is 0 Å². The first-order valence-corrected chi connectivity index (χ1v) is 8.90. The zero-order valence-electron chi connectivity index (χ0n) is 12.1. The molecule has 0 fully saturated rings. The van der Waals surface area contributed by atoms with Gasteiger partial charge in [-0.05, 0) is 24.6 Å². The normalized spacial score (nSPS) is 11.4. The topological polar surface area (TPSA) is 24.9 Å². The summed E-state index contributed by atoms with van der Waals surface area (Å²) in [6.45, 7) is 11.0. The third kappa shape index (κ3) is 5.72. The average molecular weight is 287 g/mol. The van der Waals surface area contributed by atoms with Gasteiger partial charge in [0.15, 0.2) is 0 Å². The quantitative estimate of drug-likeness (QED) is 0.740. The molecule has 0 amide bonds. The van der Waals surface area contributed by atoms with Crippen molar-refractivity contribution in [1.82, 2.24) is 10.3 Å². The van der Waals surface area contributed by atoms with E-state index in [2.05, 4.69) is 33.0 Å². The number of aromatic nitrogens is 1. The van der Waals surface area contributed by atoms with E-state index in [1.54, 1.807) is 0 Å². The molecule has 104 valence electrons. The number of aryl methyl sites for hydroxylation is 1. The maximum Gasteiger partial charge on any atom is 0.103 e. The van der Waals surface area contributed by atoms with Crippen molar-refractivity contribution in [2.24, 2.45) is 5.92 Å². The first-order valence-electron chi connectivity index (χ1n) is 6.93. The standard InChI is InChI=1S/C14H26N2S2/c1-5-7-12-13(9-15-8-11(3)4)18-14(16-12)10-17-6-2/h11,15H,5-10H2,1-4H3. The summed E-state index contributed by atoms with van der Waals surface area (Å²) >= 11 is 3.85. The van der Waals surface area contributed by atoms with Gasteiger partial charge in [0, 0.05) is 17.2 Å². The van der Waals surface area contributed by atoms with E-state index in [4.69, 9.17) is 4.98 Å². The van der Waals surface area contributed by atoms with Crippen molar-refractivity contribution < 1.29 is 0 Å². The molecule has 0 aliphatic rings. The summed E-state index contributed by atoms with van der Waals surface area (Å²) in [5.41, 5.74) is 1.32. The fraction of sp³-hybridized carbons (Fsp3) is 0.786. The predicted octanol–water partition coefficient (Wildman–Crippen LogP) is 4.09. The van der Waals surface area contributed by atoms with Crippen molar-refractivity contribution in [3.63, 3.8) is 0 Å². The largest absolute Gasteiger partial charge is 0.312 e. The molecule has 4 heteroatoms. The number of rotatable bonds is 9. The molecule has 18 heavy (non-hydrogen) atoms. The van der Waals surface area contributed by atoms with Crippen LogP contribution < -0.4 is 5.32 Å². The van der Waals surface area contributed by atoms with Crippen LogP contribution in [-0.2, 0) is 18.7 Å². The summed E-state index contributed by atoms with van der Waals surface area (Å²) in [6, 6.07) is 0. The Kier molecular flexibility index (Phi) is 7.95. The van der Waals surface area contributed by atoms with Crippen LogP contribution in [0.25, 0.3) is 0 Å². The highest BCUT2D eigenvalue weighted by atomic mass is 32.2. The third-order valence-corrected chi connectivity index (χ3v) is 4.74. The second-order valence-corrected chi connectivity index (χ2v) is 7.33. The number of thioether (sulfide) groups is 1. The summed E-state index contributed by atoms with van der Waals surface area (Å²) < 4.78 is 0. The van der Waals surface area contributed by atoms with E-state index in [-0.39, 0.29) is 0 Å². The molecule has 0 aromatic carbocycles. The second-order valence-electron chi connectivity index (χ2n) is 4.89. The highest BCUT2D eigenvalue weighted by Gasteiger charge is 2.10. The van der Waals surface area contributed by atoms with Crippen LogP contribution >= 0.6 is 23.1 Å². The number of hydrogen-bond acceptors (Lipinski definition) is 4. The molecule has 0 saturated carbocycles. The zero-order chi connectivity index (χ0) is 13.4. The Morgan fingerprint density at radius 1 is 1.33 bits per heavy atom. The Balaban J connectivity index is 2.58. The van der Waals surface area contributed by atoms with Crippen LogP contribution in [0.3, 0.4) is 0 Å². The molecule has 0 spiro atoms. The molecule has 0 unspecified atom stereocenters. The summed E-state index contributed by atoms with van der Waals surface area (Å²) in [5, 5.41) is 4.83. The number of thiazole rings is 1. The molecule has 1 rings (SSSR count). The minimum Gasteiger partial charge on any atom is -0.312 e. The molecule has 1 heterocycles. The fourth-order valence-corrected chi connectivity index (χ4v) is 3.54. The molecule has 0 aliphatic heterocycles. The van der Waals surface area contributed by atoms with Crippen LogP contribution in [0.15, 0.2) is 0 Å². The molecular weight excluding hydrogens is 260 g/mol. The van der Waals surface area contributed by atoms with Crippen molar-refractivity contribution in [3.8, 4) is 0 Å². The van der Waals surface area contributed by atoms with Gasteiger partial charge >= 0.3 is 0 Å². The minimum atomic E-state index is 0.711. The molecule has 0 saturated heterocycles. The van der Waals surface area contributed by atoms with Crippen molar-refractivity contribution in [1.29, 1.82) is 0 Å². The molecule has 0 aliphatic carbocycles. The van der Waals surface area contributed by atoms with E-state index >= 15 is 0 Å². The van der Waals surface area contributed by atoms with Crippen molar-refractivity contribution in [2.45, 2.75) is 52.8 Å². The van der Waals surface area contributed by atoms with Crippen molar-refractivity contribution >= 4 is 23.1 Å². The highest BCUT2D eigenvalue weighted by molar-refractivity contribution is 7.98. The Bertz CT molecular complexity index is 335. The molecule has 0 atom stereocenters. The van der Waals surface area contributed by atoms with E-state index in [0.29, 0.717) is 5.92 Å². The van der Waals surface area contributed by atoms with E-state index in [0.717, 1.165) is 25.3 Å². The summed E-state index contributed by atoms with van der Waals surface area (Å²) in [7, 11) is 0. The van der Waals surface area contributed by atoms with Gasteiger partial charge in [-0.25, -0.2) is 4.98 Å². The lowest BCUT2D eigenvalue weighted by molar-refractivity contribution is 0.553. The van der Waals surface area contributed by atoms with Crippen LogP contribution in [0.5, 0.6) is 0 Å². The summed E-state index contributed by atoms with van der Waals surface area (Å²) in [4.78, 5) is 6.24. The van der Waals surface area contributed by atoms with Crippen molar-refractivity contribution in [2.75, 3.05) is 12.3 Å². The van der Waals surface area contributed by atoms with Crippen LogP contribution in [0.2, 0.25) is 0 Å². The Hall–Kier alpha value is -0.0600. The van der Waals surface area contributed by atoms with Crippen molar-refractivity contribution in [3.05, 3.63) is 15.6 Å². The van der Waals surface area contributed by atoms with E-state index in [1.807, 2.05) is 23.1 Å². The molecule has 1 aromatic rings. The van der Waals surface area contributed by atoms with Crippen LogP contribution in [0, 0.1) is 5.92 Å². The number of hydrogen-bond donors (Lipinski definition) is 1. The molecule has 1 N–H and O–H groups in total. The zero-order valence-corrected chi connectivity index (χ0v) is 13.7. The molecule has 1 aromatic heterocycles. The SMILES string of the molecule is CCCc1nc(CSCC)sc1CNCC(C)C. The van der Waals surface area contributed by atoms with E-state index in [1.165, 1.54) is 27.8 Å². The van der Waals surface area contributed by atoms with Crippen LogP contribution in [0.1, 0.15) is 49.7 Å². The lowest BCUT2D eigenvalue weighted by Crippen LogP contribution is -2.19. The van der Waals surface area contributed by atoms with Crippen LogP contribution in [-0.4, -0.2) is 17.3 Å². The Morgan fingerprint density at radius 2 is 2.11 bits per heavy atom. The van der Waals surface area contributed by atoms with Gasteiger partial charge < -0.3 is 5.32 Å². The molecule has 0 radical (unpaired) electrons. The lowest BCUT2D eigenvalue weighted by atomic mass is 10.2. The lowest BCUT2D eigenvalue weighted by Gasteiger charge is -2.06. The van der Waals surface area contributed by atoms with Gasteiger partial charge in [-0.2, -0.15) is 11.8 Å². The van der Waals surface area contributed by atoms with Gasteiger partial charge in [-0.15, -0.1) is 11.3 Å². The van der Waals surface area contributed by atoms with E-state index in [9.17, 15) is 0 Å². The Labute approximate surface area is 120 Å². The van der Waals surface area contributed by atoms with Crippen LogP contribution in [0.4, 0.5) is 0 Å².